The van der Waals surface area contributed by atoms with Crippen LogP contribution < -0.4 is 5.56 Å². The molecule has 2 aromatic heterocycles. The minimum Gasteiger partial charge on any atom is -0.310 e. The number of aromatic nitrogens is 2. The normalized spacial score (nSPS) is 22.1. The average Bonchev–Trinajstić information content (AvgIpc) is 2.82. The maximum Gasteiger partial charge on any atom is 0.259 e. The number of thiophene rings is 1. The van der Waals surface area contributed by atoms with Gasteiger partial charge in [-0.25, -0.2) is 13.8 Å². The van der Waals surface area contributed by atoms with Crippen LogP contribution in [0.5, 0.6) is 0 Å². The molecular formula is C16H20F2N2OS. The van der Waals surface area contributed by atoms with Crippen molar-refractivity contribution in [2.75, 3.05) is 0 Å². The summed E-state index contributed by atoms with van der Waals surface area (Å²) in [5.41, 5.74) is -0.281. The van der Waals surface area contributed by atoms with E-state index in [1.807, 2.05) is 6.07 Å². The smallest absolute Gasteiger partial charge is 0.259 e. The van der Waals surface area contributed by atoms with Crippen LogP contribution in [0.4, 0.5) is 8.78 Å². The van der Waals surface area contributed by atoms with Crippen LogP contribution in [0.2, 0.25) is 0 Å². The predicted octanol–water partition coefficient (Wildman–Crippen LogP) is 4.58. The van der Waals surface area contributed by atoms with Gasteiger partial charge in [-0.15, -0.1) is 11.3 Å². The van der Waals surface area contributed by atoms with E-state index in [0.717, 1.165) is 4.88 Å². The molecule has 120 valence electrons. The lowest BCUT2D eigenvalue weighted by Crippen LogP contribution is -2.27. The van der Waals surface area contributed by atoms with E-state index in [1.54, 1.807) is 0 Å². The minimum atomic E-state index is -2.65. The number of hydrogen-bond acceptors (Lipinski definition) is 3. The number of aromatic amines is 1. The Balaban J connectivity index is 2.04. The van der Waals surface area contributed by atoms with Crippen molar-refractivity contribution < 1.29 is 8.78 Å². The number of alkyl halides is 2. The van der Waals surface area contributed by atoms with Gasteiger partial charge in [0.15, 0.2) is 0 Å². The molecule has 2 heterocycles. The quantitative estimate of drug-likeness (QED) is 0.834. The first-order chi connectivity index (χ1) is 10.2. The highest BCUT2D eigenvalue weighted by Gasteiger charge is 2.38. The molecule has 0 bridgehead atoms. The van der Waals surface area contributed by atoms with Gasteiger partial charge in [0, 0.05) is 23.6 Å². The van der Waals surface area contributed by atoms with Crippen molar-refractivity contribution in [3.8, 4) is 0 Å². The van der Waals surface area contributed by atoms with Gasteiger partial charge < -0.3 is 4.98 Å². The van der Waals surface area contributed by atoms with Crippen LogP contribution in [-0.2, 0) is 5.41 Å². The Morgan fingerprint density at radius 2 is 2.14 bits per heavy atom. The predicted molar refractivity (Wildman–Crippen MR) is 85.1 cm³/mol. The van der Waals surface area contributed by atoms with Crippen molar-refractivity contribution in [1.82, 2.24) is 9.97 Å². The fraction of sp³-hybridized carbons (Fsp3) is 0.625. The fourth-order valence-electron chi connectivity index (χ4n) is 2.92. The number of nitrogens with one attached hydrogen (secondary N) is 1. The van der Waals surface area contributed by atoms with Crippen LogP contribution in [0, 0.1) is 0 Å². The van der Waals surface area contributed by atoms with E-state index >= 15 is 0 Å². The van der Waals surface area contributed by atoms with Gasteiger partial charge in [0.1, 0.15) is 10.7 Å². The van der Waals surface area contributed by atoms with E-state index < -0.39 is 5.92 Å². The number of fused-ring (bicyclic) bond motifs is 1. The van der Waals surface area contributed by atoms with Crippen LogP contribution in [-0.4, -0.2) is 15.9 Å². The standard InChI is InChI=1S/C16H20F2N2OS/c1-15(2,3)11-7-10-13(21)19-12(20-14(10)22-11)9-5-4-6-16(17,18)8-9/h7,9H,4-6,8H2,1-3H3,(H,19,20,21)/t9-/m1/s1. The summed E-state index contributed by atoms with van der Waals surface area (Å²) in [6.45, 7) is 6.23. The first kappa shape index (κ1) is 15.6. The lowest BCUT2D eigenvalue weighted by Gasteiger charge is -2.28. The molecule has 6 heteroatoms. The third-order valence-corrected chi connectivity index (χ3v) is 5.64. The van der Waals surface area contributed by atoms with Crippen molar-refractivity contribution in [2.24, 2.45) is 0 Å². The second-order valence-electron chi connectivity index (χ2n) is 7.18. The summed E-state index contributed by atoms with van der Waals surface area (Å²) in [6, 6.07) is 1.87. The highest BCUT2D eigenvalue weighted by molar-refractivity contribution is 7.18. The minimum absolute atomic E-state index is 0.0597. The third-order valence-electron chi connectivity index (χ3n) is 4.19. The second-order valence-corrected chi connectivity index (χ2v) is 8.21. The molecule has 22 heavy (non-hydrogen) atoms. The Bertz CT molecular complexity index is 758. The molecule has 2 aromatic rings. The van der Waals surface area contributed by atoms with E-state index in [2.05, 4.69) is 30.7 Å². The van der Waals surface area contributed by atoms with Crippen molar-refractivity contribution in [3.63, 3.8) is 0 Å². The van der Waals surface area contributed by atoms with Gasteiger partial charge in [0.25, 0.3) is 5.56 Å². The van der Waals surface area contributed by atoms with Crippen LogP contribution in [0.15, 0.2) is 10.9 Å². The van der Waals surface area contributed by atoms with E-state index in [4.69, 9.17) is 0 Å². The van der Waals surface area contributed by atoms with E-state index in [9.17, 15) is 13.6 Å². The van der Waals surface area contributed by atoms with Crippen LogP contribution >= 0.6 is 11.3 Å². The fourth-order valence-corrected chi connectivity index (χ4v) is 4.01. The van der Waals surface area contributed by atoms with Crippen molar-refractivity contribution in [2.45, 2.75) is 63.7 Å². The molecule has 1 aliphatic carbocycles. The van der Waals surface area contributed by atoms with Crippen LogP contribution in [0.25, 0.3) is 10.2 Å². The molecule has 1 saturated carbocycles. The summed E-state index contributed by atoms with van der Waals surface area (Å²) >= 11 is 1.48. The SMILES string of the molecule is CC(C)(C)c1cc2c(=O)[nH]c([C@@H]3CCCC(F)(F)C3)nc2s1. The van der Waals surface area contributed by atoms with E-state index in [-0.39, 0.29) is 29.7 Å². The molecule has 3 rings (SSSR count). The summed E-state index contributed by atoms with van der Waals surface area (Å²) < 4.78 is 27.2. The van der Waals surface area contributed by atoms with Gasteiger partial charge in [0.05, 0.1) is 5.39 Å². The topological polar surface area (TPSA) is 45.8 Å². The maximum atomic E-state index is 13.6. The van der Waals surface area contributed by atoms with Crippen LogP contribution in [0.1, 0.15) is 63.1 Å². The Morgan fingerprint density at radius 3 is 2.77 bits per heavy atom. The molecular weight excluding hydrogens is 306 g/mol. The Kier molecular flexibility index (Phi) is 3.62. The molecule has 0 spiro atoms. The summed E-state index contributed by atoms with van der Waals surface area (Å²) in [6.07, 6.45) is 0.834. The largest absolute Gasteiger partial charge is 0.310 e. The van der Waals surface area contributed by atoms with Crippen molar-refractivity contribution >= 4 is 21.6 Å². The monoisotopic (exact) mass is 326 g/mol. The van der Waals surface area contributed by atoms with E-state index in [1.165, 1.54) is 11.3 Å². The summed E-state index contributed by atoms with van der Waals surface area (Å²) in [7, 11) is 0. The number of halogens is 2. The average molecular weight is 326 g/mol. The molecule has 0 aromatic carbocycles. The van der Waals surface area contributed by atoms with Crippen molar-refractivity contribution in [1.29, 1.82) is 0 Å². The third kappa shape index (κ3) is 2.93. The maximum absolute atomic E-state index is 13.6. The zero-order valence-electron chi connectivity index (χ0n) is 13.0. The molecule has 0 radical (unpaired) electrons. The molecule has 0 amide bonds. The molecule has 0 aliphatic heterocycles. The Labute approximate surface area is 131 Å². The second kappa shape index (κ2) is 5.11. The Morgan fingerprint density at radius 1 is 1.41 bits per heavy atom. The molecule has 1 atom stereocenters. The molecule has 0 saturated heterocycles. The highest BCUT2D eigenvalue weighted by atomic mass is 32.1. The van der Waals surface area contributed by atoms with Gasteiger partial charge in [-0.05, 0) is 24.3 Å². The molecule has 1 fully saturated rings. The van der Waals surface area contributed by atoms with Gasteiger partial charge in [0.2, 0.25) is 5.92 Å². The summed E-state index contributed by atoms with van der Waals surface area (Å²) in [5.74, 6) is -2.59. The van der Waals surface area contributed by atoms with Gasteiger partial charge >= 0.3 is 0 Å². The lowest BCUT2D eigenvalue weighted by atomic mass is 9.86. The van der Waals surface area contributed by atoms with Crippen molar-refractivity contribution in [3.05, 3.63) is 27.1 Å². The summed E-state index contributed by atoms with van der Waals surface area (Å²) in [4.78, 5) is 21.2. The first-order valence-corrected chi connectivity index (χ1v) is 8.39. The lowest BCUT2D eigenvalue weighted by molar-refractivity contribution is -0.0417. The number of H-pyrrole nitrogens is 1. The molecule has 1 aliphatic rings. The zero-order chi connectivity index (χ0) is 16.1. The number of nitrogens with zero attached hydrogens (tertiary/aromatic N) is 1. The molecule has 3 nitrogen and oxygen atoms in total. The molecule has 1 N–H and O–H groups in total. The summed E-state index contributed by atoms with van der Waals surface area (Å²) in [5, 5.41) is 0.557. The number of hydrogen-bond donors (Lipinski definition) is 1. The zero-order valence-corrected chi connectivity index (χ0v) is 13.8. The van der Waals surface area contributed by atoms with Gasteiger partial charge in [-0.1, -0.05) is 20.8 Å². The first-order valence-electron chi connectivity index (χ1n) is 7.58. The molecule has 0 unspecified atom stereocenters. The Hall–Kier alpha value is -1.30. The highest BCUT2D eigenvalue weighted by Crippen LogP contribution is 2.41. The van der Waals surface area contributed by atoms with Crippen LogP contribution in [0.3, 0.4) is 0 Å². The van der Waals surface area contributed by atoms with Gasteiger partial charge in [-0.3, -0.25) is 4.79 Å². The van der Waals surface area contributed by atoms with Gasteiger partial charge in [-0.2, -0.15) is 0 Å². The number of rotatable bonds is 1. The van der Waals surface area contributed by atoms with E-state index in [0.29, 0.717) is 28.9 Å².